The second-order valence-electron chi connectivity index (χ2n) is 5.91. The molecular weight excluding hydrogens is 279 g/mol. The van der Waals surface area contributed by atoms with Crippen LogP contribution in [0.1, 0.15) is 25.8 Å². The third-order valence-electron chi connectivity index (χ3n) is 3.75. The number of nitrogens with two attached hydrogens (primary N) is 1. The van der Waals surface area contributed by atoms with E-state index in [4.69, 9.17) is 5.73 Å². The van der Waals surface area contributed by atoms with Crippen LogP contribution in [-0.4, -0.2) is 25.8 Å². The molecule has 4 nitrogen and oxygen atoms in total. The molecular formula is C14H21FN2O2S. The minimum absolute atomic E-state index is 0.109. The Morgan fingerprint density at radius 2 is 1.80 bits per heavy atom. The SMILES string of the molecule is Cc1cc(F)c(N)cc1S(=O)(=O)N1CC(C)CC(C)C1. The first-order valence-electron chi connectivity index (χ1n) is 6.77. The highest BCUT2D eigenvalue weighted by atomic mass is 32.2. The maximum absolute atomic E-state index is 13.4. The van der Waals surface area contributed by atoms with Gasteiger partial charge in [0.1, 0.15) is 5.82 Å². The highest BCUT2D eigenvalue weighted by Crippen LogP contribution is 2.29. The van der Waals surface area contributed by atoms with Crippen LogP contribution in [0.4, 0.5) is 10.1 Å². The lowest BCUT2D eigenvalue weighted by atomic mass is 9.94. The van der Waals surface area contributed by atoms with Gasteiger partial charge in [-0.1, -0.05) is 13.8 Å². The van der Waals surface area contributed by atoms with E-state index in [2.05, 4.69) is 0 Å². The van der Waals surface area contributed by atoms with Crippen LogP contribution in [0.2, 0.25) is 0 Å². The van der Waals surface area contributed by atoms with Crippen molar-refractivity contribution in [3.63, 3.8) is 0 Å². The van der Waals surface area contributed by atoms with Crippen molar-refractivity contribution in [1.82, 2.24) is 4.31 Å². The predicted molar refractivity (Wildman–Crippen MR) is 77.3 cm³/mol. The summed E-state index contributed by atoms with van der Waals surface area (Å²) in [6.07, 6.45) is 1.02. The maximum Gasteiger partial charge on any atom is 0.243 e. The number of nitrogens with zero attached hydrogens (tertiary/aromatic N) is 1. The summed E-state index contributed by atoms with van der Waals surface area (Å²) < 4.78 is 40.3. The molecule has 1 fully saturated rings. The van der Waals surface area contributed by atoms with Gasteiger partial charge in [0.05, 0.1) is 10.6 Å². The van der Waals surface area contributed by atoms with Gasteiger partial charge in [0.2, 0.25) is 10.0 Å². The molecule has 0 radical (unpaired) electrons. The number of rotatable bonds is 2. The van der Waals surface area contributed by atoms with Crippen LogP contribution in [0, 0.1) is 24.6 Å². The van der Waals surface area contributed by atoms with Gasteiger partial charge in [0.15, 0.2) is 0 Å². The molecule has 1 saturated heterocycles. The number of nitrogen functional groups attached to an aromatic ring is 1. The molecule has 2 N–H and O–H groups in total. The van der Waals surface area contributed by atoms with Gasteiger partial charge in [0.25, 0.3) is 0 Å². The van der Waals surface area contributed by atoms with Gasteiger partial charge in [-0.15, -0.1) is 0 Å². The Morgan fingerprint density at radius 1 is 1.25 bits per heavy atom. The van der Waals surface area contributed by atoms with Crippen LogP contribution in [-0.2, 0) is 10.0 Å². The largest absolute Gasteiger partial charge is 0.396 e. The number of benzene rings is 1. The van der Waals surface area contributed by atoms with Crippen LogP contribution in [0.25, 0.3) is 0 Å². The molecule has 0 spiro atoms. The van der Waals surface area contributed by atoms with Crippen molar-refractivity contribution in [1.29, 1.82) is 0 Å². The Labute approximate surface area is 119 Å². The summed E-state index contributed by atoms with van der Waals surface area (Å²) in [4.78, 5) is 0.109. The number of halogens is 1. The quantitative estimate of drug-likeness (QED) is 0.853. The van der Waals surface area contributed by atoms with E-state index in [1.165, 1.54) is 16.4 Å². The number of hydrogen-bond acceptors (Lipinski definition) is 3. The van der Waals surface area contributed by atoms with Crippen LogP contribution < -0.4 is 5.73 Å². The van der Waals surface area contributed by atoms with Gasteiger partial charge in [-0.25, -0.2) is 12.8 Å². The Kier molecular flexibility index (Phi) is 4.07. The fourth-order valence-corrected chi connectivity index (χ4v) is 4.81. The highest BCUT2D eigenvalue weighted by molar-refractivity contribution is 7.89. The third-order valence-corrected chi connectivity index (χ3v) is 5.72. The molecule has 0 saturated carbocycles. The molecule has 0 bridgehead atoms. The number of hydrogen-bond donors (Lipinski definition) is 1. The minimum Gasteiger partial charge on any atom is -0.396 e. The first-order valence-corrected chi connectivity index (χ1v) is 8.21. The van der Waals surface area contributed by atoms with Crippen LogP contribution in [0.3, 0.4) is 0 Å². The van der Waals surface area contributed by atoms with Gasteiger partial charge in [-0.3, -0.25) is 0 Å². The molecule has 1 aliphatic heterocycles. The molecule has 2 rings (SSSR count). The van der Waals surface area contributed by atoms with Gasteiger partial charge < -0.3 is 5.73 Å². The molecule has 2 unspecified atom stereocenters. The zero-order valence-corrected chi connectivity index (χ0v) is 12.9. The second kappa shape index (κ2) is 5.33. The molecule has 112 valence electrons. The highest BCUT2D eigenvalue weighted by Gasteiger charge is 2.32. The van der Waals surface area contributed by atoms with E-state index < -0.39 is 15.8 Å². The summed E-state index contributed by atoms with van der Waals surface area (Å²) in [6, 6.07) is 2.41. The molecule has 0 amide bonds. The lowest BCUT2D eigenvalue weighted by Gasteiger charge is -2.34. The molecule has 0 aliphatic carbocycles. The van der Waals surface area contributed by atoms with Gasteiger partial charge in [-0.05, 0) is 42.9 Å². The molecule has 20 heavy (non-hydrogen) atoms. The van der Waals surface area contributed by atoms with E-state index >= 15 is 0 Å². The first-order chi connectivity index (χ1) is 9.21. The van der Waals surface area contributed by atoms with E-state index in [9.17, 15) is 12.8 Å². The van der Waals surface area contributed by atoms with E-state index in [-0.39, 0.29) is 10.6 Å². The molecule has 2 atom stereocenters. The zero-order valence-electron chi connectivity index (χ0n) is 12.1. The molecule has 6 heteroatoms. The molecule has 1 aromatic rings. The maximum atomic E-state index is 13.4. The summed E-state index contributed by atoms with van der Waals surface area (Å²) in [5, 5.41) is 0. The van der Waals surface area contributed by atoms with Crippen LogP contribution in [0.15, 0.2) is 17.0 Å². The zero-order chi connectivity index (χ0) is 15.1. The first kappa shape index (κ1) is 15.3. The average molecular weight is 300 g/mol. The van der Waals surface area contributed by atoms with E-state index in [1.807, 2.05) is 13.8 Å². The summed E-state index contributed by atoms with van der Waals surface area (Å²) in [5.74, 6) is 0.0695. The standard InChI is InChI=1S/C14H21FN2O2S/c1-9-4-10(2)8-17(7-9)20(18,19)14-6-13(16)12(15)5-11(14)3/h5-6,9-10H,4,7-8,16H2,1-3H3. The lowest BCUT2D eigenvalue weighted by Crippen LogP contribution is -2.42. The Hall–Kier alpha value is -1.14. The number of piperidine rings is 1. The Balaban J connectivity index is 2.42. The van der Waals surface area contributed by atoms with Crippen molar-refractivity contribution in [3.8, 4) is 0 Å². The number of anilines is 1. The molecule has 1 aliphatic rings. The Bertz CT molecular complexity index is 606. The average Bonchev–Trinajstić information content (AvgIpc) is 2.32. The normalized spacial score (nSPS) is 24.8. The van der Waals surface area contributed by atoms with Crippen molar-refractivity contribution in [2.75, 3.05) is 18.8 Å². The predicted octanol–water partition coefficient (Wildman–Crippen LogP) is 2.38. The van der Waals surface area contributed by atoms with Crippen molar-refractivity contribution in [2.24, 2.45) is 11.8 Å². The minimum atomic E-state index is -3.61. The summed E-state index contributed by atoms with van der Waals surface area (Å²) in [7, 11) is -3.61. The van der Waals surface area contributed by atoms with Gasteiger partial charge in [-0.2, -0.15) is 4.31 Å². The van der Waals surface area contributed by atoms with Crippen LogP contribution >= 0.6 is 0 Å². The lowest BCUT2D eigenvalue weighted by molar-refractivity contribution is 0.222. The van der Waals surface area contributed by atoms with Crippen LogP contribution in [0.5, 0.6) is 0 Å². The monoisotopic (exact) mass is 300 g/mol. The Morgan fingerprint density at radius 3 is 2.35 bits per heavy atom. The van der Waals surface area contributed by atoms with Gasteiger partial charge >= 0.3 is 0 Å². The fraction of sp³-hybridized carbons (Fsp3) is 0.571. The van der Waals surface area contributed by atoms with E-state index in [0.717, 1.165) is 6.42 Å². The molecule has 1 aromatic carbocycles. The van der Waals surface area contributed by atoms with Crippen molar-refractivity contribution < 1.29 is 12.8 Å². The van der Waals surface area contributed by atoms with Crippen molar-refractivity contribution >= 4 is 15.7 Å². The van der Waals surface area contributed by atoms with E-state index in [0.29, 0.717) is 30.5 Å². The van der Waals surface area contributed by atoms with Gasteiger partial charge in [0, 0.05) is 13.1 Å². The molecule has 1 heterocycles. The van der Waals surface area contributed by atoms with Crippen molar-refractivity contribution in [2.45, 2.75) is 32.1 Å². The summed E-state index contributed by atoms with van der Waals surface area (Å²) in [6.45, 7) is 6.69. The number of sulfonamides is 1. The fourth-order valence-electron chi connectivity index (χ4n) is 2.89. The second-order valence-corrected chi connectivity index (χ2v) is 7.81. The van der Waals surface area contributed by atoms with E-state index in [1.54, 1.807) is 6.92 Å². The number of aryl methyl sites for hydroxylation is 1. The smallest absolute Gasteiger partial charge is 0.243 e. The summed E-state index contributed by atoms with van der Waals surface area (Å²) >= 11 is 0. The van der Waals surface area contributed by atoms with Crippen molar-refractivity contribution in [3.05, 3.63) is 23.5 Å². The topological polar surface area (TPSA) is 63.4 Å². The summed E-state index contributed by atoms with van der Waals surface area (Å²) in [5.41, 5.74) is 5.77. The molecule has 0 aromatic heterocycles. The third kappa shape index (κ3) is 2.81.